The Morgan fingerprint density at radius 2 is 2.10 bits per heavy atom. The van der Waals surface area contributed by atoms with E-state index in [9.17, 15) is 9.90 Å². The Labute approximate surface area is 120 Å². The van der Waals surface area contributed by atoms with E-state index >= 15 is 0 Å². The molecule has 0 aromatic heterocycles. The number of benzene rings is 1. The summed E-state index contributed by atoms with van der Waals surface area (Å²) in [5.41, 5.74) is 6.40. The van der Waals surface area contributed by atoms with Gasteiger partial charge in [-0.2, -0.15) is 0 Å². The summed E-state index contributed by atoms with van der Waals surface area (Å²) < 4.78 is 4.98. The maximum absolute atomic E-state index is 11.9. The lowest BCUT2D eigenvalue weighted by molar-refractivity contribution is -0.116. The van der Waals surface area contributed by atoms with E-state index in [1.807, 2.05) is 0 Å². The molecule has 0 aliphatic rings. The number of methoxy groups -OCH3 is 1. The van der Waals surface area contributed by atoms with Gasteiger partial charge in [-0.3, -0.25) is 4.79 Å². The molecule has 5 nitrogen and oxygen atoms in total. The molecule has 1 rings (SSSR count). The van der Waals surface area contributed by atoms with Crippen LogP contribution in [0.4, 0.5) is 5.69 Å². The molecule has 0 saturated heterocycles. The first kappa shape index (κ1) is 16.3. The van der Waals surface area contributed by atoms with Gasteiger partial charge in [-0.25, -0.2) is 0 Å². The van der Waals surface area contributed by atoms with Crippen molar-refractivity contribution in [3.63, 3.8) is 0 Å². The number of rotatable bonds is 5. The van der Waals surface area contributed by atoms with Crippen LogP contribution in [0.3, 0.4) is 0 Å². The first-order valence-corrected chi connectivity index (χ1v) is 6.64. The van der Waals surface area contributed by atoms with Crippen LogP contribution >= 0.6 is 0 Å². The van der Waals surface area contributed by atoms with E-state index in [0.29, 0.717) is 11.4 Å². The summed E-state index contributed by atoms with van der Waals surface area (Å²) in [5, 5.41) is 12.4. The lowest BCUT2D eigenvalue weighted by Crippen LogP contribution is -2.31. The normalized spacial score (nSPS) is 12.8. The zero-order valence-corrected chi connectivity index (χ0v) is 12.6. The maximum atomic E-state index is 11.9. The minimum absolute atomic E-state index is 0.0258. The highest BCUT2D eigenvalue weighted by Crippen LogP contribution is 2.28. The van der Waals surface area contributed by atoms with Crippen LogP contribution < -0.4 is 15.8 Å². The third-order valence-electron chi connectivity index (χ3n) is 2.80. The smallest absolute Gasteiger partial charge is 0.226 e. The Hall–Kier alpha value is -1.75. The largest absolute Gasteiger partial charge is 0.506 e. The monoisotopic (exact) mass is 280 g/mol. The first-order chi connectivity index (χ1) is 9.21. The van der Waals surface area contributed by atoms with Crippen molar-refractivity contribution in [2.45, 2.75) is 39.7 Å². The molecule has 1 unspecified atom stereocenters. The summed E-state index contributed by atoms with van der Waals surface area (Å²) in [6.45, 7) is 6.25. The summed E-state index contributed by atoms with van der Waals surface area (Å²) in [4.78, 5) is 11.9. The summed E-state index contributed by atoms with van der Waals surface area (Å²) in [6.07, 6.45) is 0.984. The number of carbonyl (C=O) groups excluding carboxylic acids is 1. The van der Waals surface area contributed by atoms with Crippen molar-refractivity contribution in [1.82, 2.24) is 0 Å². The third-order valence-corrected chi connectivity index (χ3v) is 2.80. The number of amides is 1. The van der Waals surface area contributed by atoms with Crippen molar-refractivity contribution in [1.29, 1.82) is 0 Å². The van der Waals surface area contributed by atoms with E-state index < -0.39 is 0 Å². The van der Waals surface area contributed by atoms with Crippen molar-refractivity contribution >= 4 is 11.6 Å². The summed E-state index contributed by atoms with van der Waals surface area (Å²) in [5.74, 6) is 0.300. The number of phenols is 1. The van der Waals surface area contributed by atoms with Crippen molar-refractivity contribution in [2.75, 3.05) is 12.4 Å². The molecule has 1 aromatic rings. The Balaban J connectivity index is 2.58. The molecule has 0 saturated carbocycles. The number of hydrogen-bond acceptors (Lipinski definition) is 4. The lowest BCUT2D eigenvalue weighted by atomic mass is 9.87. The first-order valence-electron chi connectivity index (χ1n) is 6.64. The molecule has 0 aliphatic heterocycles. The Morgan fingerprint density at radius 1 is 1.45 bits per heavy atom. The molecule has 0 spiro atoms. The van der Waals surface area contributed by atoms with E-state index in [1.54, 1.807) is 12.1 Å². The van der Waals surface area contributed by atoms with Crippen LogP contribution in [0.1, 0.15) is 33.6 Å². The third kappa shape index (κ3) is 5.48. The van der Waals surface area contributed by atoms with E-state index in [1.165, 1.54) is 13.2 Å². The number of anilines is 1. The van der Waals surface area contributed by atoms with Gasteiger partial charge in [0.15, 0.2) is 0 Å². The number of aromatic hydroxyl groups is 1. The van der Waals surface area contributed by atoms with Gasteiger partial charge in [0.2, 0.25) is 5.91 Å². The second-order valence-corrected chi connectivity index (χ2v) is 6.16. The average molecular weight is 280 g/mol. The predicted octanol–water partition coefficient (Wildman–Crippen LogP) is 2.49. The molecular weight excluding hydrogens is 256 g/mol. The molecule has 5 heteroatoms. The van der Waals surface area contributed by atoms with E-state index in [-0.39, 0.29) is 29.5 Å². The molecule has 1 aromatic carbocycles. The number of nitrogens with one attached hydrogen (secondary N) is 1. The van der Waals surface area contributed by atoms with Crippen molar-refractivity contribution in [3.05, 3.63) is 18.2 Å². The molecule has 112 valence electrons. The van der Waals surface area contributed by atoms with Gasteiger partial charge >= 0.3 is 0 Å². The maximum Gasteiger partial charge on any atom is 0.226 e. The Bertz CT molecular complexity index is 467. The second kappa shape index (κ2) is 6.61. The molecule has 0 bridgehead atoms. The minimum atomic E-state index is -0.206. The van der Waals surface area contributed by atoms with E-state index in [4.69, 9.17) is 10.5 Å². The standard InChI is InChI=1S/C15H24N2O3/c1-15(2,3)9-10(16)7-14(19)17-12-6-5-11(20-4)8-13(12)18/h5-6,8,10,18H,7,9,16H2,1-4H3,(H,17,19). The van der Waals surface area contributed by atoms with Crippen molar-refractivity contribution < 1.29 is 14.6 Å². The van der Waals surface area contributed by atoms with Gasteiger partial charge < -0.3 is 20.9 Å². The van der Waals surface area contributed by atoms with Crippen LogP contribution in [-0.2, 0) is 4.79 Å². The van der Waals surface area contributed by atoms with Crippen LogP contribution in [-0.4, -0.2) is 24.2 Å². The molecule has 0 aliphatic carbocycles. The zero-order valence-electron chi connectivity index (χ0n) is 12.6. The van der Waals surface area contributed by atoms with Crippen LogP contribution in [0.5, 0.6) is 11.5 Å². The molecule has 0 radical (unpaired) electrons. The van der Waals surface area contributed by atoms with Gasteiger partial charge in [-0.05, 0) is 24.0 Å². The molecule has 20 heavy (non-hydrogen) atoms. The van der Waals surface area contributed by atoms with Gasteiger partial charge in [0.25, 0.3) is 0 Å². The zero-order chi connectivity index (χ0) is 15.3. The highest BCUT2D eigenvalue weighted by atomic mass is 16.5. The fourth-order valence-corrected chi connectivity index (χ4v) is 2.04. The van der Waals surface area contributed by atoms with Gasteiger partial charge in [0.05, 0.1) is 12.8 Å². The fourth-order valence-electron chi connectivity index (χ4n) is 2.04. The predicted molar refractivity (Wildman–Crippen MR) is 80.0 cm³/mol. The number of hydrogen-bond donors (Lipinski definition) is 3. The van der Waals surface area contributed by atoms with Crippen LogP contribution in [0.15, 0.2) is 18.2 Å². The van der Waals surface area contributed by atoms with Crippen molar-refractivity contribution in [2.24, 2.45) is 11.1 Å². The number of nitrogens with two attached hydrogens (primary N) is 1. The second-order valence-electron chi connectivity index (χ2n) is 6.16. The Kier molecular flexibility index (Phi) is 5.39. The van der Waals surface area contributed by atoms with Crippen LogP contribution in [0, 0.1) is 5.41 Å². The number of phenolic OH excluding ortho intramolecular Hbond substituents is 1. The summed E-state index contributed by atoms with van der Waals surface area (Å²) in [6, 6.07) is 4.52. The fraction of sp³-hybridized carbons (Fsp3) is 0.533. The lowest BCUT2D eigenvalue weighted by Gasteiger charge is -2.22. The highest BCUT2D eigenvalue weighted by Gasteiger charge is 2.18. The highest BCUT2D eigenvalue weighted by molar-refractivity contribution is 5.92. The number of carbonyl (C=O) groups is 1. The molecule has 1 amide bonds. The quantitative estimate of drug-likeness (QED) is 0.723. The molecular formula is C15H24N2O3. The minimum Gasteiger partial charge on any atom is -0.506 e. The molecule has 1 atom stereocenters. The summed E-state index contributed by atoms with van der Waals surface area (Å²) >= 11 is 0. The van der Waals surface area contributed by atoms with Gasteiger partial charge in [-0.15, -0.1) is 0 Å². The summed E-state index contributed by atoms with van der Waals surface area (Å²) in [7, 11) is 1.51. The van der Waals surface area contributed by atoms with Crippen LogP contribution in [0.2, 0.25) is 0 Å². The molecule has 4 N–H and O–H groups in total. The van der Waals surface area contributed by atoms with Gasteiger partial charge in [0.1, 0.15) is 11.5 Å². The number of ether oxygens (including phenoxy) is 1. The Morgan fingerprint density at radius 3 is 2.60 bits per heavy atom. The van der Waals surface area contributed by atoms with Crippen molar-refractivity contribution in [3.8, 4) is 11.5 Å². The molecule has 0 heterocycles. The average Bonchev–Trinajstić information content (AvgIpc) is 2.28. The van der Waals surface area contributed by atoms with E-state index in [2.05, 4.69) is 26.1 Å². The van der Waals surface area contributed by atoms with Gasteiger partial charge in [-0.1, -0.05) is 20.8 Å². The SMILES string of the molecule is COc1ccc(NC(=O)CC(N)CC(C)(C)C)c(O)c1. The van der Waals surface area contributed by atoms with E-state index in [0.717, 1.165) is 6.42 Å². The van der Waals surface area contributed by atoms with Crippen LogP contribution in [0.25, 0.3) is 0 Å². The molecule has 0 fully saturated rings. The van der Waals surface area contributed by atoms with Gasteiger partial charge in [0, 0.05) is 18.5 Å². The topological polar surface area (TPSA) is 84.6 Å².